The molecule has 4 rings (SSSR count). The number of carbonyl (C=O) groups is 2. The molecule has 1 aliphatic carbocycles. The van der Waals surface area contributed by atoms with E-state index >= 15 is 4.39 Å². The molecular weight excluding hydrogens is 489 g/mol. The minimum absolute atomic E-state index is 0.0285. The highest BCUT2D eigenvalue weighted by Gasteiger charge is 2.43. The highest BCUT2D eigenvalue weighted by atomic mass is 19.1. The minimum Gasteiger partial charge on any atom is -0.477 e. The van der Waals surface area contributed by atoms with Gasteiger partial charge in [0.2, 0.25) is 0 Å². The second-order valence-electron chi connectivity index (χ2n) is 10.2. The van der Waals surface area contributed by atoms with Gasteiger partial charge in [-0.2, -0.15) is 0 Å². The van der Waals surface area contributed by atoms with Crippen LogP contribution in [-0.4, -0.2) is 28.1 Å². The maximum absolute atomic E-state index is 15.5. The molecule has 1 N–H and O–H groups in total. The van der Waals surface area contributed by atoms with E-state index in [0.717, 1.165) is 11.1 Å². The van der Waals surface area contributed by atoms with Gasteiger partial charge in [0.1, 0.15) is 17.1 Å². The number of aliphatic imine (C=N–C) groups is 1. The van der Waals surface area contributed by atoms with Crippen molar-refractivity contribution in [3.05, 3.63) is 143 Å². The molecule has 1 aliphatic rings. The van der Waals surface area contributed by atoms with Crippen LogP contribution < -0.4 is 0 Å². The molecule has 0 saturated carbocycles. The Labute approximate surface area is 228 Å². The summed E-state index contributed by atoms with van der Waals surface area (Å²) in [6.07, 6.45) is 6.79. The van der Waals surface area contributed by atoms with E-state index < -0.39 is 22.7 Å². The molecule has 0 fully saturated rings. The highest BCUT2D eigenvalue weighted by Crippen LogP contribution is 2.45. The summed E-state index contributed by atoms with van der Waals surface area (Å²) in [6.45, 7) is 9.56. The van der Waals surface area contributed by atoms with Crippen LogP contribution in [0.25, 0.3) is 0 Å². The molecule has 0 radical (unpaired) electrons. The van der Waals surface area contributed by atoms with Gasteiger partial charge < -0.3 is 5.11 Å². The zero-order valence-corrected chi connectivity index (χ0v) is 22.4. The first-order chi connectivity index (χ1) is 18.6. The number of halogens is 1. The number of allylic oxidation sites excluding steroid dienone is 3. The monoisotopic (exact) mass is 521 g/mol. The Morgan fingerprint density at radius 1 is 0.974 bits per heavy atom. The summed E-state index contributed by atoms with van der Waals surface area (Å²) in [5.74, 6) is -1.60. The van der Waals surface area contributed by atoms with Crippen molar-refractivity contribution in [2.45, 2.75) is 44.1 Å². The molecule has 0 bridgehead atoms. The maximum atomic E-state index is 15.5. The Morgan fingerprint density at radius 3 is 2.21 bits per heavy atom. The molecule has 2 unspecified atom stereocenters. The third kappa shape index (κ3) is 5.44. The van der Waals surface area contributed by atoms with Gasteiger partial charge in [-0.05, 0) is 30.0 Å². The van der Waals surface area contributed by atoms with Crippen LogP contribution in [0.3, 0.4) is 0 Å². The van der Waals surface area contributed by atoms with Crippen LogP contribution in [0.5, 0.6) is 0 Å². The van der Waals surface area contributed by atoms with Crippen molar-refractivity contribution in [2.24, 2.45) is 4.99 Å². The summed E-state index contributed by atoms with van der Waals surface area (Å²) in [7, 11) is 0. The van der Waals surface area contributed by atoms with Crippen LogP contribution in [-0.2, 0) is 10.2 Å². The number of carboxylic acids is 1. The van der Waals surface area contributed by atoms with Crippen molar-refractivity contribution in [3.8, 4) is 0 Å². The van der Waals surface area contributed by atoms with Gasteiger partial charge in [0.25, 0.3) is 0 Å². The third-order valence-corrected chi connectivity index (χ3v) is 7.19. The lowest BCUT2D eigenvalue weighted by atomic mass is 9.66. The summed E-state index contributed by atoms with van der Waals surface area (Å²) in [6, 6.07) is 23.2. The molecule has 4 nitrogen and oxygen atoms in total. The number of hydrogen-bond donors (Lipinski definition) is 1. The number of hydrogen-bond acceptors (Lipinski definition) is 3. The average molecular weight is 522 g/mol. The van der Waals surface area contributed by atoms with E-state index in [9.17, 15) is 14.7 Å². The lowest BCUT2D eigenvalue weighted by molar-refractivity contribution is -0.129. The molecule has 0 aliphatic heterocycles. The smallest absolute Gasteiger partial charge is 0.350 e. The van der Waals surface area contributed by atoms with E-state index in [-0.39, 0.29) is 23.5 Å². The van der Waals surface area contributed by atoms with Gasteiger partial charge >= 0.3 is 5.97 Å². The summed E-state index contributed by atoms with van der Waals surface area (Å²) >= 11 is 0. The van der Waals surface area contributed by atoms with Gasteiger partial charge in [-0.15, -0.1) is 6.58 Å². The second-order valence-corrected chi connectivity index (χ2v) is 10.2. The molecule has 0 amide bonds. The normalized spacial score (nSPS) is 20.9. The Bertz CT molecular complexity index is 1480. The first-order valence-electron chi connectivity index (χ1n) is 12.9. The average Bonchev–Trinajstić information content (AvgIpc) is 2.94. The Hall–Kier alpha value is -4.38. The molecule has 0 heterocycles. The lowest BCUT2D eigenvalue weighted by Crippen LogP contribution is -2.38. The molecular formula is C34H32FNO3. The lowest BCUT2D eigenvalue weighted by Gasteiger charge is -2.38. The van der Waals surface area contributed by atoms with E-state index in [2.05, 4.69) is 25.4 Å². The molecule has 2 atom stereocenters. The third-order valence-electron chi connectivity index (χ3n) is 7.19. The number of carboxylic acid groups (broad SMARTS) is 1. The van der Waals surface area contributed by atoms with Crippen molar-refractivity contribution in [2.75, 3.05) is 0 Å². The topological polar surface area (TPSA) is 66.7 Å². The van der Waals surface area contributed by atoms with E-state index in [1.807, 2.05) is 36.4 Å². The maximum Gasteiger partial charge on any atom is 0.350 e. The first kappa shape index (κ1) is 27.6. The fourth-order valence-electron chi connectivity index (χ4n) is 4.98. The summed E-state index contributed by atoms with van der Waals surface area (Å²) in [4.78, 5) is 30.6. The van der Waals surface area contributed by atoms with Gasteiger partial charge in [-0.1, -0.05) is 111 Å². The van der Waals surface area contributed by atoms with Crippen molar-refractivity contribution in [3.63, 3.8) is 0 Å². The largest absolute Gasteiger partial charge is 0.477 e. The molecule has 0 saturated heterocycles. The van der Waals surface area contributed by atoms with Crippen LogP contribution in [0.2, 0.25) is 0 Å². The number of carbonyl (C=O) groups excluding carboxylic acids is 1. The second kappa shape index (κ2) is 11.2. The fraction of sp³-hybridized carbons (Fsp3) is 0.206. The molecule has 39 heavy (non-hydrogen) atoms. The quantitative estimate of drug-likeness (QED) is 0.180. The van der Waals surface area contributed by atoms with Crippen LogP contribution in [0.15, 0.2) is 120 Å². The predicted octanol–water partition coefficient (Wildman–Crippen LogP) is 7.47. The van der Waals surface area contributed by atoms with Crippen LogP contribution >= 0.6 is 0 Å². The first-order valence-corrected chi connectivity index (χ1v) is 12.9. The number of Topliss-reactive ketones (excluding diaryl/α,β-unsaturated/α-hetero) is 1. The summed E-state index contributed by atoms with van der Waals surface area (Å²) in [5, 5.41) is 9.80. The molecule has 5 heteroatoms. The standard InChI is InChI=1S/C34H32FNO3/c1-5-11-30(32(38)39)36-33(4)20-21-34(27-14-9-10-15-29(27)35,26-18-16-24(17-19-26)23(2)3)22-28(33)31(37)25-12-7-6-8-13-25/h5-10,12-23H,1,11H2,2-4H3,(H,38,39). The number of rotatable bonds is 9. The van der Waals surface area contributed by atoms with Crippen molar-refractivity contribution >= 4 is 17.5 Å². The number of nitrogens with zero attached hydrogens (tertiary/aromatic N) is 1. The highest BCUT2D eigenvalue weighted by molar-refractivity contribution is 6.36. The Balaban J connectivity index is 2.03. The fourth-order valence-corrected chi connectivity index (χ4v) is 4.98. The Morgan fingerprint density at radius 2 is 1.62 bits per heavy atom. The number of benzene rings is 3. The van der Waals surface area contributed by atoms with E-state index in [1.54, 1.807) is 61.5 Å². The SMILES string of the molecule is C=CCC(=NC1(C)C=CC(c2ccc(C(C)C)cc2)(c2ccccc2F)C=C1C(=O)c1ccccc1)C(=O)O. The molecule has 0 aromatic heterocycles. The van der Waals surface area contributed by atoms with Gasteiger partial charge in [0.05, 0.1) is 5.41 Å². The number of aliphatic carboxylic acids is 1. The Kier molecular flexibility index (Phi) is 7.91. The van der Waals surface area contributed by atoms with Crippen LogP contribution in [0.4, 0.5) is 4.39 Å². The van der Waals surface area contributed by atoms with Crippen molar-refractivity contribution in [1.29, 1.82) is 0 Å². The minimum atomic E-state index is -1.31. The van der Waals surface area contributed by atoms with Gasteiger partial charge in [-0.25, -0.2) is 9.18 Å². The van der Waals surface area contributed by atoms with E-state index in [0.29, 0.717) is 17.0 Å². The van der Waals surface area contributed by atoms with Gasteiger partial charge in [-0.3, -0.25) is 9.79 Å². The molecule has 0 spiro atoms. The van der Waals surface area contributed by atoms with E-state index in [1.165, 1.54) is 12.1 Å². The van der Waals surface area contributed by atoms with Gasteiger partial charge in [0.15, 0.2) is 5.78 Å². The van der Waals surface area contributed by atoms with Crippen molar-refractivity contribution in [1.82, 2.24) is 0 Å². The summed E-state index contributed by atoms with van der Waals surface area (Å²) in [5.41, 5.74) is 0.428. The zero-order chi connectivity index (χ0) is 28.2. The van der Waals surface area contributed by atoms with Crippen LogP contribution in [0.1, 0.15) is 60.2 Å². The molecule has 3 aromatic rings. The number of ketones is 1. The van der Waals surface area contributed by atoms with Crippen LogP contribution in [0, 0.1) is 5.82 Å². The molecule has 198 valence electrons. The van der Waals surface area contributed by atoms with E-state index in [4.69, 9.17) is 0 Å². The zero-order valence-electron chi connectivity index (χ0n) is 22.4. The molecule has 3 aromatic carbocycles. The van der Waals surface area contributed by atoms with Crippen molar-refractivity contribution < 1.29 is 19.1 Å². The van der Waals surface area contributed by atoms with Gasteiger partial charge in [0, 0.05) is 23.1 Å². The summed E-state index contributed by atoms with van der Waals surface area (Å²) < 4.78 is 15.5. The predicted molar refractivity (Wildman–Crippen MR) is 154 cm³/mol.